The smallest absolute Gasteiger partial charge is 0.243 e. The largest absolute Gasteiger partial charge is 0.497 e. The molecular weight excluding hydrogens is 392 g/mol. The predicted octanol–water partition coefficient (Wildman–Crippen LogP) is 3.28. The summed E-state index contributed by atoms with van der Waals surface area (Å²) >= 11 is 0. The van der Waals surface area contributed by atoms with Gasteiger partial charge in [-0.05, 0) is 49.2 Å². The standard InChI is InChI=1S/C21H26N2O5S/c1-27-18-9-11-20(12-10-18)29(25,26)23-13-4-3-7-17(23)15-21(24)22-16-6-5-8-19(14-16)28-2/h5-6,8-12,14,17H,3-4,7,13,15H2,1-2H3,(H,22,24)/t17-/m1/s1. The van der Waals surface area contributed by atoms with Crippen LogP contribution in [0, 0.1) is 0 Å². The summed E-state index contributed by atoms with van der Waals surface area (Å²) in [6.45, 7) is 0.408. The maximum absolute atomic E-state index is 13.2. The molecule has 1 saturated heterocycles. The number of amides is 1. The van der Waals surface area contributed by atoms with Gasteiger partial charge >= 0.3 is 0 Å². The fourth-order valence-corrected chi connectivity index (χ4v) is 5.20. The van der Waals surface area contributed by atoms with Gasteiger partial charge in [-0.25, -0.2) is 8.42 Å². The van der Waals surface area contributed by atoms with Gasteiger partial charge in [-0.15, -0.1) is 0 Å². The molecule has 0 radical (unpaired) electrons. The lowest BCUT2D eigenvalue weighted by atomic mass is 10.0. The van der Waals surface area contributed by atoms with Gasteiger partial charge in [0.25, 0.3) is 0 Å². The predicted molar refractivity (Wildman–Crippen MR) is 111 cm³/mol. The molecular formula is C21H26N2O5S. The highest BCUT2D eigenvalue weighted by atomic mass is 32.2. The van der Waals surface area contributed by atoms with E-state index in [1.807, 2.05) is 0 Å². The number of benzene rings is 2. The van der Waals surface area contributed by atoms with Crippen molar-refractivity contribution < 1.29 is 22.7 Å². The molecule has 1 amide bonds. The van der Waals surface area contributed by atoms with E-state index in [1.54, 1.807) is 43.5 Å². The third-order valence-electron chi connectivity index (χ3n) is 5.01. The highest BCUT2D eigenvalue weighted by Gasteiger charge is 2.34. The zero-order valence-electron chi connectivity index (χ0n) is 16.6. The first-order valence-corrected chi connectivity index (χ1v) is 11.0. The van der Waals surface area contributed by atoms with Gasteiger partial charge < -0.3 is 14.8 Å². The molecule has 0 saturated carbocycles. The summed E-state index contributed by atoms with van der Waals surface area (Å²) in [6.07, 6.45) is 2.43. The maximum atomic E-state index is 13.2. The third-order valence-corrected chi connectivity index (χ3v) is 6.98. The number of sulfonamides is 1. The van der Waals surface area contributed by atoms with E-state index in [0.717, 1.165) is 12.8 Å². The van der Waals surface area contributed by atoms with E-state index in [-0.39, 0.29) is 23.3 Å². The van der Waals surface area contributed by atoms with Gasteiger partial charge in [-0.1, -0.05) is 12.5 Å². The van der Waals surface area contributed by atoms with Crippen LogP contribution in [0.5, 0.6) is 11.5 Å². The van der Waals surface area contributed by atoms with Crippen LogP contribution in [0.4, 0.5) is 5.69 Å². The highest BCUT2D eigenvalue weighted by Crippen LogP contribution is 2.28. The minimum absolute atomic E-state index is 0.104. The van der Waals surface area contributed by atoms with Crippen LogP contribution in [0.25, 0.3) is 0 Å². The van der Waals surface area contributed by atoms with Gasteiger partial charge in [-0.2, -0.15) is 4.31 Å². The Labute approximate surface area is 171 Å². The number of carbonyl (C=O) groups excluding carboxylic acids is 1. The maximum Gasteiger partial charge on any atom is 0.243 e. The number of nitrogens with zero attached hydrogens (tertiary/aromatic N) is 1. The number of hydrogen-bond donors (Lipinski definition) is 1. The number of nitrogens with one attached hydrogen (secondary N) is 1. The van der Waals surface area contributed by atoms with E-state index < -0.39 is 10.0 Å². The molecule has 156 valence electrons. The molecule has 0 bridgehead atoms. The van der Waals surface area contributed by atoms with Crippen molar-refractivity contribution in [2.24, 2.45) is 0 Å². The summed E-state index contributed by atoms with van der Waals surface area (Å²) in [6, 6.07) is 13.0. The Balaban J connectivity index is 1.73. The molecule has 2 aromatic rings. The average Bonchev–Trinajstić information content (AvgIpc) is 2.74. The van der Waals surface area contributed by atoms with Crippen LogP contribution < -0.4 is 14.8 Å². The van der Waals surface area contributed by atoms with Crippen LogP contribution in [-0.2, 0) is 14.8 Å². The SMILES string of the molecule is COc1ccc(S(=O)(=O)N2CCCC[C@@H]2CC(=O)Nc2cccc(OC)c2)cc1. The van der Waals surface area contributed by atoms with Crippen molar-refractivity contribution in [3.63, 3.8) is 0 Å². The topological polar surface area (TPSA) is 84.9 Å². The molecule has 0 spiro atoms. The minimum atomic E-state index is -3.69. The fraction of sp³-hybridized carbons (Fsp3) is 0.381. The molecule has 1 heterocycles. The molecule has 8 heteroatoms. The molecule has 7 nitrogen and oxygen atoms in total. The summed E-state index contributed by atoms with van der Waals surface area (Å²) in [5.74, 6) is 1.01. The number of methoxy groups -OCH3 is 2. The first-order valence-electron chi connectivity index (χ1n) is 9.54. The van der Waals surface area contributed by atoms with Crippen LogP contribution in [0.3, 0.4) is 0 Å². The van der Waals surface area contributed by atoms with E-state index >= 15 is 0 Å². The zero-order valence-corrected chi connectivity index (χ0v) is 17.4. The van der Waals surface area contributed by atoms with Gasteiger partial charge in [0.15, 0.2) is 0 Å². The molecule has 1 aliphatic rings. The average molecular weight is 419 g/mol. The van der Waals surface area contributed by atoms with E-state index in [2.05, 4.69) is 5.32 Å². The number of anilines is 1. The van der Waals surface area contributed by atoms with Crippen LogP contribution in [0.1, 0.15) is 25.7 Å². The Morgan fingerprint density at radius 1 is 1.07 bits per heavy atom. The first kappa shape index (κ1) is 21.1. The number of piperidine rings is 1. The van der Waals surface area contributed by atoms with Crippen molar-refractivity contribution >= 4 is 21.6 Å². The molecule has 0 aromatic heterocycles. The Morgan fingerprint density at radius 3 is 2.48 bits per heavy atom. The Hall–Kier alpha value is -2.58. The second-order valence-corrected chi connectivity index (χ2v) is 8.82. The van der Waals surface area contributed by atoms with Gasteiger partial charge in [0, 0.05) is 30.8 Å². The monoisotopic (exact) mass is 418 g/mol. The third kappa shape index (κ3) is 5.07. The molecule has 3 rings (SSSR count). The van der Waals surface area contributed by atoms with Crippen molar-refractivity contribution in [2.75, 3.05) is 26.1 Å². The van der Waals surface area contributed by atoms with Crippen molar-refractivity contribution in [1.82, 2.24) is 4.31 Å². The summed E-state index contributed by atoms with van der Waals surface area (Å²) in [5, 5.41) is 2.83. The number of ether oxygens (including phenoxy) is 2. The van der Waals surface area contributed by atoms with Gasteiger partial charge in [0.05, 0.1) is 19.1 Å². The lowest BCUT2D eigenvalue weighted by Crippen LogP contribution is -2.45. The number of hydrogen-bond acceptors (Lipinski definition) is 5. The summed E-state index contributed by atoms with van der Waals surface area (Å²) < 4.78 is 38.0. The van der Waals surface area contributed by atoms with Crippen molar-refractivity contribution in [3.05, 3.63) is 48.5 Å². The number of rotatable bonds is 7. The molecule has 29 heavy (non-hydrogen) atoms. The molecule has 2 aromatic carbocycles. The molecule has 1 N–H and O–H groups in total. The fourth-order valence-electron chi connectivity index (χ4n) is 3.50. The van der Waals surface area contributed by atoms with Crippen LogP contribution in [-0.4, -0.2) is 45.4 Å². The van der Waals surface area contributed by atoms with Crippen molar-refractivity contribution in [1.29, 1.82) is 0 Å². The second-order valence-electron chi connectivity index (χ2n) is 6.93. The quantitative estimate of drug-likeness (QED) is 0.746. The van der Waals surface area contributed by atoms with E-state index in [4.69, 9.17) is 9.47 Å². The molecule has 1 atom stereocenters. The summed E-state index contributed by atoms with van der Waals surface area (Å²) in [7, 11) is -0.594. The van der Waals surface area contributed by atoms with Gasteiger partial charge in [0.1, 0.15) is 11.5 Å². The van der Waals surface area contributed by atoms with E-state index in [1.165, 1.54) is 23.5 Å². The van der Waals surface area contributed by atoms with E-state index in [0.29, 0.717) is 30.2 Å². The van der Waals surface area contributed by atoms with E-state index in [9.17, 15) is 13.2 Å². The lowest BCUT2D eigenvalue weighted by molar-refractivity contribution is -0.117. The molecule has 1 aliphatic heterocycles. The molecule has 0 unspecified atom stereocenters. The van der Waals surface area contributed by atoms with Gasteiger partial charge in [0.2, 0.25) is 15.9 Å². The summed E-state index contributed by atoms with van der Waals surface area (Å²) in [4.78, 5) is 12.8. The number of carbonyl (C=O) groups is 1. The van der Waals surface area contributed by atoms with Crippen LogP contribution in [0.15, 0.2) is 53.4 Å². The van der Waals surface area contributed by atoms with Crippen LogP contribution >= 0.6 is 0 Å². The molecule has 1 fully saturated rings. The van der Waals surface area contributed by atoms with Crippen molar-refractivity contribution in [2.45, 2.75) is 36.6 Å². The highest BCUT2D eigenvalue weighted by molar-refractivity contribution is 7.89. The van der Waals surface area contributed by atoms with Crippen LogP contribution in [0.2, 0.25) is 0 Å². The normalized spacial score (nSPS) is 17.5. The minimum Gasteiger partial charge on any atom is -0.497 e. The Kier molecular flexibility index (Phi) is 6.76. The van der Waals surface area contributed by atoms with Gasteiger partial charge in [-0.3, -0.25) is 4.79 Å². The second kappa shape index (κ2) is 9.28. The zero-order chi connectivity index (χ0) is 20.9. The Bertz CT molecular complexity index is 944. The lowest BCUT2D eigenvalue weighted by Gasteiger charge is -2.34. The first-order chi connectivity index (χ1) is 13.9. The summed E-state index contributed by atoms with van der Waals surface area (Å²) in [5.41, 5.74) is 0.620. The Morgan fingerprint density at radius 2 is 1.79 bits per heavy atom. The van der Waals surface area contributed by atoms with Crippen molar-refractivity contribution in [3.8, 4) is 11.5 Å². The molecule has 0 aliphatic carbocycles.